The summed E-state index contributed by atoms with van der Waals surface area (Å²) in [5.41, 5.74) is 1.11. The molecular weight excluding hydrogens is 340 g/mol. The number of hydrogen-bond acceptors (Lipinski definition) is 5. The quantitative estimate of drug-likeness (QED) is 0.669. The Kier molecular flexibility index (Phi) is 4.59. The van der Waals surface area contributed by atoms with E-state index in [0.29, 0.717) is 16.3 Å². The molecule has 0 spiro atoms. The summed E-state index contributed by atoms with van der Waals surface area (Å²) in [6, 6.07) is 5.29. The van der Waals surface area contributed by atoms with Crippen LogP contribution >= 0.6 is 11.3 Å². The van der Waals surface area contributed by atoms with Crippen LogP contribution in [0.25, 0.3) is 10.2 Å². The number of rotatable bonds is 4. The van der Waals surface area contributed by atoms with E-state index in [2.05, 4.69) is 16.0 Å². The lowest BCUT2D eigenvalue weighted by Gasteiger charge is -2.08. The molecule has 8 heteroatoms. The summed E-state index contributed by atoms with van der Waals surface area (Å²) in [6.07, 6.45) is 7.18. The maximum atomic E-state index is 12.4. The van der Waals surface area contributed by atoms with Gasteiger partial charge in [0.05, 0.1) is 31.0 Å². The molecule has 0 unspecified atom stereocenters. The van der Waals surface area contributed by atoms with Gasteiger partial charge in [0.1, 0.15) is 0 Å². The molecule has 0 aliphatic carbocycles. The second-order valence-corrected chi connectivity index (χ2v) is 6.15. The Labute approximate surface area is 148 Å². The van der Waals surface area contributed by atoms with E-state index < -0.39 is 5.91 Å². The Morgan fingerprint density at radius 2 is 2.08 bits per heavy atom. The van der Waals surface area contributed by atoms with Crippen LogP contribution < -0.4 is 14.3 Å². The smallest absolute Gasteiger partial charge is 0.300 e. The van der Waals surface area contributed by atoms with E-state index in [1.54, 1.807) is 42.8 Å². The summed E-state index contributed by atoms with van der Waals surface area (Å²) in [7, 11) is 4.88. The first kappa shape index (κ1) is 16.8. The molecule has 25 heavy (non-hydrogen) atoms. The molecule has 0 fully saturated rings. The minimum absolute atomic E-state index is 0.280. The molecule has 0 saturated heterocycles. The Hall–Kier alpha value is -3.05. The molecule has 0 aliphatic heterocycles. The fourth-order valence-corrected chi connectivity index (χ4v) is 3.44. The molecule has 1 amide bonds. The molecule has 0 radical (unpaired) electrons. The third-order valence-corrected chi connectivity index (χ3v) is 4.61. The molecule has 2 aromatic heterocycles. The number of ether oxygens (including phenoxy) is 2. The number of benzene rings is 1. The van der Waals surface area contributed by atoms with Crippen LogP contribution in [-0.2, 0) is 13.6 Å². The maximum Gasteiger partial charge on any atom is 0.300 e. The molecule has 2 heterocycles. The van der Waals surface area contributed by atoms with Gasteiger partial charge in [-0.2, -0.15) is 10.1 Å². The van der Waals surface area contributed by atoms with E-state index >= 15 is 0 Å². The predicted octanol–water partition coefficient (Wildman–Crippen LogP) is 1.83. The summed E-state index contributed by atoms with van der Waals surface area (Å²) < 4.78 is 14.9. The summed E-state index contributed by atoms with van der Waals surface area (Å²) in [5, 5.41) is 4.08. The number of terminal acetylenes is 1. The minimum atomic E-state index is -0.420. The number of carbonyl (C=O) groups is 1. The van der Waals surface area contributed by atoms with Gasteiger partial charge in [0.2, 0.25) is 0 Å². The van der Waals surface area contributed by atoms with Crippen LogP contribution in [0.3, 0.4) is 0 Å². The van der Waals surface area contributed by atoms with Crippen molar-refractivity contribution in [1.29, 1.82) is 0 Å². The van der Waals surface area contributed by atoms with Crippen molar-refractivity contribution in [1.82, 2.24) is 14.3 Å². The Morgan fingerprint density at radius 1 is 1.36 bits per heavy atom. The van der Waals surface area contributed by atoms with Gasteiger partial charge in [0.25, 0.3) is 5.91 Å². The highest BCUT2D eigenvalue weighted by Crippen LogP contribution is 2.33. The molecule has 0 N–H and O–H groups in total. The van der Waals surface area contributed by atoms with Gasteiger partial charge in [-0.3, -0.25) is 9.48 Å². The fraction of sp³-hybridized carbons (Fsp3) is 0.235. The summed E-state index contributed by atoms with van der Waals surface area (Å²) in [5.74, 6) is 3.36. The minimum Gasteiger partial charge on any atom is -0.493 e. The molecule has 128 valence electrons. The molecule has 0 atom stereocenters. The monoisotopic (exact) mass is 356 g/mol. The summed E-state index contributed by atoms with van der Waals surface area (Å²) in [6.45, 7) is 0.282. The van der Waals surface area contributed by atoms with E-state index in [-0.39, 0.29) is 12.2 Å². The van der Waals surface area contributed by atoms with Gasteiger partial charge in [-0.15, -0.1) is 6.42 Å². The predicted molar refractivity (Wildman–Crippen MR) is 94.9 cm³/mol. The van der Waals surface area contributed by atoms with E-state index in [4.69, 9.17) is 15.9 Å². The summed E-state index contributed by atoms with van der Waals surface area (Å²) >= 11 is 1.35. The number of hydrogen-bond donors (Lipinski definition) is 0. The third kappa shape index (κ3) is 3.14. The molecule has 3 rings (SSSR count). The lowest BCUT2D eigenvalue weighted by atomic mass is 10.3. The average molecular weight is 356 g/mol. The van der Waals surface area contributed by atoms with Gasteiger partial charge in [0, 0.05) is 25.4 Å². The van der Waals surface area contributed by atoms with Crippen LogP contribution in [-0.4, -0.2) is 34.5 Å². The zero-order valence-electron chi connectivity index (χ0n) is 14.0. The summed E-state index contributed by atoms with van der Waals surface area (Å²) in [4.78, 5) is 17.1. The number of carbonyl (C=O) groups excluding carboxylic acids is 1. The van der Waals surface area contributed by atoms with Crippen molar-refractivity contribution in [3.63, 3.8) is 0 Å². The fourth-order valence-electron chi connectivity index (χ4n) is 2.40. The van der Waals surface area contributed by atoms with Crippen LogP contribution in [0.1, 0.15) is 10.5 Å². The highest BCUT2D eigenvalue weighted by atomic mass is 32.1. The first-order chi connectivity index (χ1) is 12.1. The molecule has 0 aliphatic rings. The average Bonchev–Trinajstić information content (AvgIpc) is 3.18. The van der Waals surface area contributed by atoms with Crippen molar-refractivity contribution in [2.45, 2.75) is 6.54 Å². The number of amides is 1. The number of aromatic nitrogens is 3. The highest BCUT2D eigenvalue weighted by molar-refractivity contribution is 7.16. The Morgan fingerprint density at radius 3 is 2.68 bits per heavy atom. The number of nitrogens with zero attached hydrogens (tertiary/aromatic N) is 4. The van der Waals surface area contributed by atoms with Crippen LogP contribution in [0.2, 0.25) is 0 Å². The van der Waals surface area contributed by atoms with Gasteiger partial charge >= 0.3 is 0 Å². The maximum absolute atomic E-state index is 12.4. The molecule has 1 aromatic carbocycles. The van der Waals surface area contributed by atoms with Crippen LogP contribution in [0.4, 0.5) is 0 Å². The van der Waals surface area contributed by atoms with Gasteiger partial charge in [0.15, 0.2) is 22.0 Å². The second kappa shape index (κ2) is 6.83. The normalized spacial score (nSPS) is 11.5. The lowest BCUT2D eigenvalue weighted by molar-refractivity contribution is 0.0992. The van der Waals surface area contributed by atoms with E-state index in [1.807, 2.05) is 12.1 Å². The van der Waals surface area contributed by atoms with Crippen LogP contribution in [0.15, 0.2) is 29.4 Å². The number of fused-ring (bicyclic) bond motifs is 1. The van der Waals surface area contributed by atoms with Crippen LogP contribution in [0, 0.1) is 12.3 Å². The second-order valence-electron chi connectivity index (χ2n) is 5.14. The van der Waals surface area contributed by atoms with Crippen molar-refractivity contribution in [3.05, 3.63) is 34.9 Å². The first-order valence-electron chi connectivity index (χ1n) is 7.35. The van der Waals surface area contributed by atoms with Crippen molar-refractivity contribution >= 4 is 27.5 Å². The van der Waals surface area contributed by atoms with Crippen molar-refractivity contribution in [2.24, 2.45) is 12.0 Å². The van der Waals surface area contributed by atoms with Crippen LogP contribution in [0.5, 0.6) is 11.5 Å². The molecule has 3 aromatic rings. The lowest BCUT2D eigenvalue weighted by Crippen LogP contribution is -2.16. The first-order valence-corrected chi connectivity index (χ1v) is 8.16. The number of aryl methyl sites for hydroxylation is 1. The Balaban J connectivity index is 2.20. The standard InChI is InChI=1S/C17H16N4O3S/c1-5-7-21-12-9-13(23-3)14(24-4)10-15(12)25-17(21)18-16(22)11-6-8-20(2)19-11/h1,6,8-10H,7H2,2-4H3. The number of methoxy groups -OCH3 is 2. The van der Waals surface area contributed by atoms with Crippen molar-refractivity contribution in [3.8, 4) is 23.8 Å². The van der Waals surface area contributed by atoms with Gasteiger partial charge in [-0.25, -0.2) is 0 Å². The molecule has 0 saturated carbocycles. The van der Waals surface area contributed by atoms with Gasteiger partial charge in [-0.05, 0) is 6.07 Å². The largest absolute Gasteiger partial charge is 0.493 e. The zero-order valence-corrected chi connectivity index (χ0v) is 14.8. The van der Waals surface area contributed by atoms with E-state index in [9.17, 15) is 4.79 Å². The van der Waals surface area contributed by atoms with Crippen molar-refractivity contribution < 1.29 is 14.3 Å². The molecular formula is C17H16N4O3S. The van der Waals surface area contributed by atoms with Gasteiger partial charge in [-0.1, -0.05) is 17.3 Å². The zero-order chi connectivity index (χ0) is 18.0. The molecule has 7 nitrogen and oxygen atoms in total. The Bertz CT molecular complexity index is 1050. The van der Waals surface area contributed by atoms with Crippen molar-refractivity contribution in [2.75, 3.05) is 14.2 Å². The van der Waals surface area contributed by atoms with E-state index in [1.165, 1.54) is 11.3 Å². The van der Waals surface area contributed by atoms with Gasteiger partial charge < -0.3 is 14.0 Å². The van der Waals surface area contributed by atoms with E-state index in [0.717, 1.165) is 10.2 Å². The SMILES string of the molecule is C#CCn1c(=NC(=O)c2ccn(C)n2)sc2cc(OC)c(OC)cc21. The molecule has 0 bridgehead atoms. The highest BCUT2D eigenvalue weighted by Gasteiger charge is 2.14. The topological polar surface area (TPSA) is 70.6 Å². The number of thiazole rings is 1. The third-order valence-electron chi connectivity index (χ3n) is 3.57.